The second-order valence-corrected chi connectivity index (χ2v) is 5.35. The molecule has 0 aromatic rings. The maximum atomic E-state index is 12.3. The molecule has 2 rings (SSSR count). The van der Waals surface area contributed by atoms with Crippen LogP contribution in [0, 0.1) is 5.92 Å². The van der Waals surface area contributed by atoms with E-state index in [1.807, 2.05) is 4.90 Å². The number of aliphatic carboxylic acids is 1. The minimum absolute atomic E-state index is 0.138. The van der Waals surface area contributed by atoms with Gasteiger partial charge in [0.05, 0.1) is 12.3 Å². The lowest BCUT2D eigenvalue weighted by atomic mass is 9.98. The lowest BCUT2D eigenvalue weighted by molar-refractivity contribution is -0.140. The van der Waals surface area contributed by atoms with Gasteiger partial charge in [0, 0.05) is 39.3 Å². The van der Waals surface area contributed by atoms with E-state index in [-0.39, 0.29) is 18.2 Å². The van der Waals surface area contributed by atoms with Crippen molar-refractivity contribution in [1.82, 2.24) is 15.1 Å². The second-order valence-electron chi connectivity index (χ2n) is 5.35. The summed E-state index contributed by atoms with van der Waals surface area (Å²) in [7, 11) is 0. The van der Waals surface area contributed by atoms with Crippen LogP contribution in [0.5, 0.6) is 0 Å². The van der Waals surface area contributed by atoms with Gasteiger partial charge in [-0.3, -0.25) is 14.5 Å². The zero-order chi connectivity index (χ0) is 13.7. The van der Waals surface area contributed by atoms with Gasteiger partial charge in [-0.25, -0.2) is 0 Å². The first-order chi connectivity index (χ1) is 9.16. The van der Waals surface area contributed by atoms with Crippen molar-refractivity contribution < 1.29 is 14.7 Å². The molecule has 1 atom stereocenters. The number of piperazine rings is 1. The molecule has 2 aliphatic heterocycles. The third kappa shape index (κ3) is 4.18. The van der Waals surface area contributed by atoms with Gasteiger partial charge in [0.15, 0.2) is 0 Å². The van der Waals surface area contributed by atoms with Gasteiger partial charge in [0.1, 0.15) is 0 Å². The SMILES string of the molecule is O=C(O)CCN1CCN(C(=O)[C@@H]2CCCNC2)CC1. The summed E-state index contributed by atoms with van der Waals surface area (Å²) in [6.07, 6.45) is 2.25. The monoisotopic (exact) mass is 269 g/mol. The van der Waals surface area contributed by atoms with Crippen LogP contribution in [-0.4, -0.2) is 72.6 Å². The Morgan fingerprint density at radius 1 is 1.21 bits per heavy atom. The number of carboxylic acids is 1. The molecule has 6 nitrogen and oxygen atoms in total. The van der Waals surface area contributed by atoms with Crippen LogP contribution in [0.25, 0.3) is 0 Å². The Labute approximate surface area is 113 Å². The predicted molar refractivity (Wildman–Crippen MR) is 70.9 cm³/mol. The molecule has 0 aromatic carbocycles. The van der Waals surface area contributed by atoms with Crippen molar-refractivity contribution in [2.75, 3.05) is 45.8 Å². The quantitative estimate of drug-likeness (QED) is 0.727. The average Bonchev–Trinajstić information content (AvgIpc) is 2.46. The predicted octanol–water partition coefficient (Wildman–Crippen LogP) is -0.395. The van der Waals surface area contributed by atoms with E-state index >= 15 is 0 Å². The number of carboxylic acid groups (broad SMARTS) is 1. The van der Waals surface area contributed by atoms with Crippen LogP contribution in [0.3, 0.4) is 0 Å². The molecule has 2 fully saturated rings. The maximum absolute atomic E-state index is 12.3. The van der Waals surface area contributed by atoms with E-state index in [0.717, 1.165) is 52.1 Å². The highest BCUT2D eigenvalue weighted by atomic mass is 16.4. The van der Waals surface area contributed by atoms with Gasteiger partial charge >= 0.3 is 5.97 Å². The van der Waals surface area contributed by atoms with E-state index in [9.17, 15) is 9.59 Å². The van der Waals surface area contributed by atoms with E-state index in [0.29, 0.717) is 6.54 Å². The Morgan fingerprint density at radius 3 is 2.53 bits per heavy atom. The topological polar surface area (TPSA) is 72.9 Å². The van der Waals surface area contributed by atoms with Gasteiger partial charge in [0.2, 0.25) is 5.91 Å². The molecule has 1 amide bonds. The minimum Gasteiger partial charge on any atom is -0.481 e. The Morgan fingerprint density at radius 2 is 1.95 bits per heavy atom. The van der Waals surface area contributed by atoms with E-state index in [4.69, 9.17) is 5.11 Å². The molecular formula is C13H23N3O3. The number of piperidine rings is 1. The molecule has 2 saturated heterocycles. The Kier molecular flexibility index (Phi) is 5.15. The van der Waals surface area contributed by atoms with Crippen LogP contribution in [0.2, 0.25) is 0 Å². The van der Waals surface area contributed by atoms with Gasteiger partial charge < -0.3 is 15.3 Å². The summed E-state index contributed by atoms with van der Waals surface area (Å²) < 4.78 is 0. The third-order valence-electron chi connectivity index (χ3n) is 3.97. The Balaban J connectivity index is 1.72. The molecule has 2 N–H and O–H groups in total. The molecule has 0 radical (unpaired) electrons. The summed E-state index contributed by atoms with van der Waals surface area (Å²) in [5.74, 6) is -0.351. The molecule has 0 aliphatic carbocycles. The Bertz CT molecular complexity index is 321. The first-order valence-electron chi connectivity index (χ1n) is 7.10. The summed E-state index contributed by atoms with van der Waals surface area (Å²) in [5, 5.41) is 11.9. The zero-order valence-corrected chi connectivity index (χ0v) is 11.3. The number of hydrogen-bond acceptors (Lipinski definition) is 4. The normalized spacial score (nSPS) is 25.3. The fourth-order valence-corrected chi connectivity index (χ4v) is 2.77. The molecule has 19 heavy (non-hydrogen) atoms. The number of amides is 1. The van der Waals surface area contributed by atoms with E-state index in [1.54, 1.807) is 0 Å². The zero-order valence-electron chi connectivity index (χ0n) is 11.3. The number of nitrogens with zero attached hydrogens (tertiary/aromatic N) is 2. The molecule has 0 spiro atoms. The molecule has 0 saturated carbocycles. The first kappa shape index (κ1) is 14.3. The van der Waals surface area contributed by atoms with Crippen LogP contribution in [0.4, 0.5) is 0 Å². The van der Waals surface area contributed by atoms with Crippen LogP contribution in [0.15, 0.2) is 0 Å². The van der Waals surface area contributed by atoms with Crippen LogP contribution >= 0.6 is 0 Å². The summed E-state index contributed by atoms with van der Waals surface area (Å²) in [5.41, 5.74) is 0. The fraction of sp³-hybridized carbons (Fsp3) is 0.846. The van der Waals surface area contributed by atoms with Gasteiger partial charge in [-0.15, -0.1) is 0 Å². The van der Waals surface area contributed by atoms with Gasteiger partial charge in [-0.2, -0.15) is 0 Å². The van der Waals surface area contributed by atoms with Crippen LogP contribution in [0.1, 0.15) is 19.3 Å². The van der Waals surface area contributed by atoms with E-state index in [2.05, 4.69) is 10.2 Å². The van der Waals surface area contributed by atoms with Gasteiger partial charge in [-0.05, 0) is 19.4 Å². The molecule has 0 unspecified atom stereocenters. The number of rotatable bonds is 4. The molecule has 0 bridgehead atoms. The van der Waals surface area contributed by atoms with Gasteiger partial charge in [-0.1, -0.05) is 0 Å². The molecular weight excluding hydrogens is 246 g/mol. The first-order valence-corrected chi connectivity index (χ1v) is 7.10. The maximum Gasteiger partial charge on any atom is 0.304 e. The smallest absolute Gasteiger partial charge is 0.304 e. The highest BCUT2D eigenvalue weighted by Gasteiger charge is 2.28. The summed E-state index contributed by atoms with van der Waals surface area (Å²) in [4.78, 5) is 26.9. The van der Waals surface area contributed by atoms with Crippen LogP contribution < -0.4 is 5.32 Å². The molecule has 2 aliphatic rings. The number of carbonyl (C=O) groups is 2. The molecule has 0 aromatic heterocycles. The van der Waals surface area contributed by atoms with Crippen molar-refractivity contribution in [1.29, 1.82) is 0 Å². The van der Waals surface area contributed by atoms with Crippen molar-refractivity contribution in [3.05, 3.63) is 0 Å². The Hall–Kier alpha value is -1.14. The minimum atomic E-state index is -0.758. The highest BCUT2D eigenvalue weighted by molar-refractivity contribution is 5.79. The largest absolute Gasteiger partial charge is 0.481 e. The third-order valence-corrected chi connectivity index (χ3v) is 3.97. The fourth-order valence-electron chi connectivity index (χ4n) is 2.77. The molecule has 6 heteroatoms. The van der Waals surface area contributed by atoms with Crippen molar-refractivity contribution in [3.63, 3.8) is 0 Å². The number of hydrogen-bond donors (Lipinski definition) is 2. The lowest BCUT2D eigenvalue weighted by Gasteiger charge is -2.37. The highest BCUT2D eigenvalue weighted by Crippen LogP contribution is 2.15. The molecule has 108 valence electrons. The van der Waals surface area contributed by atoms with Gasteiger partial charge in [0.25, 0.3) is 0 Å². The van der Waals surface area contributed by atoms with Crippen molar-refractivity contribution in [3.8, 4) is 0 Å². The van der Waals surface area contributed by atoms with E-state index < -0.39 is 5.97 Å². The van der Waals surface area contributed by atoms with Crippen LogP contribution in [-0.2, 0) is 9.59 Å². The lowest BCUT2D eigenvalue weighted by Crippen LogP contribution is -2.52. The summed E-state index contributed by atoms with van der Waals surface area (Å²) in [6.45, 7) is 5.45. The number of carbonyl (C=O) groups excluding carboxylic acids is 1. The summed E-state index contributed by atoms with van der Waals surface area (Å²) >= 11 is 0. The van der Waals surface area contributed by atoms with Crippen molar-refractivity contribution >= 4 is 11.9 Å². The van der Waals surface area contributed by atoms with E-state index in [1.165, 1.54) is 0 Å². The van der Waals surface area contributed by atoms with Crippen molar-refractivity contribution in [2.45, 2.75) is 19.3 Å². The second kappa shape index (κ2) is 6.86. The average molecular weight is 269 g/mol. The summed E-state index contributed by atoms with van der Waals surface area (Å²) in [6, 6.07) is 0. The standard InChI is InChI=1S/C13H23N3O3/c17-12(18)3-5-15-6-8-16(9-7-15)13(19)11-2-1-4-14-10-11/h11,14H,1-10H2,(H,17,18)/t11-/m1/s1. The molecule has 2 heterocycles. The van der Waals surface area contributed by atoms with Crippen molar-refractivity contribution in [2.24, 2.45) is 5.92 Å². The number of nitrogens with one attached hydrogen (secondary N) is 1.